The summed E-state index contributed by atoms with van der Waals surface area (Å²) in [6, 6.07) is 1.81. The van der Waals surface area contributed by atoms with E-state index in [0.717, 1.165) is 18.4 Å². The Labute approximate surface area is 108 Å². The van der Waals surface area contributed by atoms with Gasteiger partial charge in [-0.25, -0.2) is 0 Å². The Morgan fingerprint density at radius 3 is 2.41 bits per heavy atom. The van der Waals surface area contributed by atoms with E-state index in [4.69, 9.17) is 15.2 Å². The molecular weight excluding hydrogens is 289 g/mol. The Morgan fingerprint density at radius 2 is 1.94 bits per heavy atom. The predicted octanol–water partition coefficient (Wildman–Crippen LogP) is 2.64. The van der Waals surface area contributed by atoms with Gasteiger partial charge in [-0.15, -0.1) is 0 Å². The average molecular weight is 304 g/mol. The van der Waals surface area contributed by atoms with Gasteiger partial charge in [-0.3, -0.25) is 0 Å². The molecule has 0 saturated heterocycles. The fourth-order valence-electron chi connectivity index (χ4n) is 1.89. The van der Waals surface area contributed by atoms with Gasteiger partial charge in [-0.1, -0.05) is 0 Å². The highest BCUT2D eigenvalue weighted by molar-refractivity contribution is 9.10. The number of benzene rings is 1. The van der Waals surface area contributed by atoms with Crippen LogP contribution in [0, 0.1) is 5.82 Å². The maximum atomic E-state index is 14.1. The molecule has 0 amide bonds. The van der Waals surface area contributed by atoms with Crippen molar-refractivity contribution in [3.05, 3.63) is 21.9 Å². The third kappa shape index (κ3) is 2.40. The van der Waals surface area contributed by atoms with Crippen LogP contribution in [0.1, 0.15) is 18.4 Å². The number of halogens is 2. The molecule has 0 spiro atoms. The Morgan fingerprint density at radius 1 is 1.35 bits per heavy atom. The number of nitrogens with two attached hydrogens (primary N) is 1. The molecule has 94 valence electrons. The van der Waals surface area contributed by atoms with E-state index in [1.807, 2.05) is 6.07 Å². The van der Waals surface area contributed by atoms with E-state index in [9.17, 15) is 4.39 Å². The highest BCUT2D eigenvalue weighted by atomic mass is 79.9. The Bertz CT molecular complexity index is 447. The van der Waals surface area contributed by atoms with E-state index >= 15 is 0 Å². The second kappa shape index (κ2) is 4.46. The fraction of sp³-hybridized carbons (Fsp3) is 0.500. The standard InChI is InChI=1S/C12H15BrFNO2/c1-16-10-7(6-12(15)3-4-12)5-8(13)11(17-2)9(10)14/h5H,3-4,6,15H2,1-2H3. The summed E-state index contributed by atoms with van der Waals surface area (Å²) >= 11 is 3.29. The van der Waals surface area contributed by atoms with E-state index in [0.29, 0.717) is 10.9 Å². The van der Waals surface area contributed by atoms with Gasteiger partial charge in [0.05, 0.1) is 18.7 Å². The lowest BCUT2D eigenvalue weighted by Crippen LogP contribution is -2.25. The quantitative estimate of drug-likeness (QED) is 0.930. The van der Waals surface area contributed by atoms with Gasteiger partial charge in [0.1, 0.15) is 0 Å². The van der Waals surface area contributed by atoms with Gasteiger partial charge in [0.15, 0.2) is 11.5 Å². The highest BCUT2D eigenvalue weighted by Crippen LogP contribution is 2.42. The summed E-state index contributed by atoms with van der Waals surface area (Å²) < 4.78 is 24.8. The SMILES string of the molecule is COc1c(Br)cc(CC2(N)CC2)c(OC)c1F. The van der Waals surface area contributed by atoms with Crippen LogP contribution in [-0.4, -0.2) is 19.8 Å². The van der Waals surface area contributed by atoms with Gasteiger partial charge in [0.25, 0.3) is 0 Å². The summed E-state index contributed by atoms with van der Waals surface area (Å²) in [6.07, 6.45) is 2.57. The van der Waals surface area contributed by atoms with E-state index in [1.54, 1.807) is 0 Å². The molecule has 1 aliphatic carbocycles. The summed E-state index contributed by atoms with van der Waals surface area (Å²) in [4.78, 5) is 0. The molecule has 1 aliphatic rings. The molecule has 0 bridgehead atoms. The van der Waals surface area contributed by atoms with Crippen molar-refractivity contribution in [3.63, 3.8) is 0 Å². The Hall–Kier alpha value is -0.810. The third-order valence-electron chi connectivity index (χ3n) is 3.05. The van der Waals surface area contributed by atoms with Crippen LogP contribution in [0.25, 0.3) is 0 Å². The van der Waals surface area contributed by atoms with Crippen molar-refractivity contribution in [2.45, 2.75) is 24.8 Å². The summed E-state index contributed by atoms with van der Waals surface area (Å²) in [5.41, 5.74) is 6.64. The van der Waals surface area contributed by atoms with E-state index in [2.05, 4.69) is 15.9 Å². The molecule has 2 rings (SSSR count). The van der Waals surface area contributed by atoms with Crippen LogP contribution in [0.5, 0.6) is 11.5 Å². The lowest BCUT2D eigenvalue weighted by Gasteiger charge is -2.16. The van der Waals surface area contributed by atoms with Crippen molar-refractivity contribution in [1.82, 2.24) is 0 Å². The average Bonchev–Trinajstić information content (AvgIpc) is 2.96. The number of hydrogen-bond donors (Lipinski definition) is 1. The molecule has 0 aromatic heterocycles. The first-order valence-corrected chi connectivity index (χ1v) is 6.18. The van der Waals surface area contributed by atoms with Crippen LogP contribution >= 0.6 is 15.9 Å². The monoisotopic (exact) mass is 303 g/mol. The smallest absolute Gasteiger partial charge is 0.208 e. The summed E-state index contributed by atoms with van der Waals surface area (Å²) in [6.45, 7) is 0. The molecule has 0 aliphatic heterocycles. The van der Waals surface area contributed by atoms with Crippen LogP contribution in [0.3, 0.4) is 0 Å². The molecular formula is C12H15BrFNO2. The molecule has 17 heavy (non-hydrogen) atoms. The second-order valence-corrected chi connectivity index (χ2v) is 5.29. The van der Waals surface area contributed by atoms with Crippen LogP contribution in [-0.2, 0) is 6.42 Å². The maximum absolute atomic E-state index is 14.1. The van der Waals surface area contributed by atoms with Crippen molar-refractivity contribution >= 4 is 15.9 Å². The molecule has 0 atom stereocenters. The number of hydrogen-bond acceptors (Lipinski definition) is 3. The first-order valence-electron chi connectivity index (χ1n) is 5.38. The van der Waals surface area contributed by atoms with Gasteiger partial charge in [-0.2, -0.15) is 4.39 Å². The maximum Gasteiger partial charge on any atom is 0.208 e. The second-order valence-electron chi connectivity index (χ2n) is 4.44. The minimum Gasteiger partial charge on any atom is -0.493 e. The van der Waals surface area contributed by atoms with Gasteiger partial charge >= 0.3 is 0 Å². The van der Waals surface area contributed by atoms with Crippen molar-refractivity contribution < 1.29 is 13.9 Å². The summed E-state index contributed by atoms with van der Waals surface area (Å²) in [5.74, 6) is -0.0992. The van der Waals surface area contributed by atoms with Crippen LogP contribution in [0.15, 0.2) is 10.5 Å². The molecule has 1 aromatic rings. The van der Waals surface area contributed by atoms with Gasteiger partial charge in [0.2, 0.25) is 5.82 Å². The highest BCUT2D eigenvalue weighted by Gasteiger charge is 2.39. The lowest BCUT2D eigenvalue weighted by molar-refractivity contribution is 0.344. The lowest BCUT2D eigenvalue weighted by atomic mass is 10.0. The molecule has 2 N–H and O–H groups in total. The summed E-state index contributed by atoms with van der Waals surface area (Å²) in [5, 5.41) is 0. The third-order valence-corrected chi connectivity index (χ3v) is 3.64. The first-order chi connectivity index (χ1) is 8.00. The molecule has 1 fully saturated rings. The topological polar surface area (TPSA) is 44.5 Å². The van der Waals surface area contributed by atoms with Crippen LogP contribution < -0.4 is 15.2 Å². The van der Waals surface area contributed by atoms with E-state index in [1.165, 1.54) is 14.2 Å². The largest absolute Gasteiger partial charge is 0.493 e. The molecule has 3 nitrogen and oxygen atoms in total. The zero-order valence-corrected chi connectivity index (χ0v) is 11.4. The fourth-order valence-corrected chi connectivity index (χ4v) is 2.50. The predicted molar refractivity (Wildman–Crippen MR) is 67.1 cm³/mol. The normalized spacial score (nSPS) is 16.8. The van der Waals surface area contributed by atoms with Crippen molar-refractivity contribution in [2.75, 3.05) is 14.2 Å². The molecule has 0 unspecified atom stereocenters. The van der Waals surface area contributed by atoms with Crippen LogP contribution in [0.2, 0.25) is 0 Å². The zero-order valence-electron chi connectivity index (χ0n) is 9.85. The Balaban J connectivity index is 2.44. The Kier molecular flexibility index (Phi) is 3.32. The number of ether oxygens (including phenoxy) is 2. The minimum absolute atomic E-state index is 0.160. The summed E-state index contributed by atoms with van der Waals surface area (Å²) in [7, 11) is 2.87. The van der Waals surface area contributed by atoms with Crippen molar-refractivity contribution in [1.29, 1.82) is 0 Å². The van der Waals surface area contributed by atoms with Gasteiger partial charge < -0.3 is 15.2 Å². The molecule has 5 heteroatoms. The van der Waals surface area contributed by atoms with Crippen LogP contribution in [0.4, 0.5) is 4.39 Å². The van der Waals surface area contributed by atoms with Gasteiger partial charge in [-0.05, 0) is 41.3 Å². The number of methoxy groups -OCH3 is 2. The molecule has 1 saturated carbocycles. The first kappa shape index (κ1) is 12.6. The number of rotatable bonds is 4. The van der Waals surface area contributed by atoms with Crippen molar-refractivity contribution in [3.8, 4) is 11.5 Å². The van der Waals surface area contributed by atoms with E-state index in [-0.39, 0.29) is 17.0 Å². The minimum atomic E-state index is -0.483. The van der Waals surface area contributed by atoms with Gasteiger partial charge in [0, 0.05) is 11.1 Å². The molecule has 0 radical (unpaired) electrons. The van der Waals surface area contributed by atoms with E-state index < -0.39 is 5.82 Å². The molecule has 0 heterocycles. The van der Waals surface area contributed by atoms with Crippen molar-refractivity contribution in [2.24, 2.45) is 5.73 Å². The molecule has 1 aromatic carbocycles. The zero-order chi connectivity index (χ0) is 12.6.